The predicted molar refractivity (Wildman–Crippen MR) is 125 cm³/mol. The third kappa shape index (κ3) is 4.80. The summed E-state index contributed by atoms with van der Waals surface area (Å²) in [4.78, 5) is 15.1. The largest absolute Gasteiger partial charge is 0.322 e. The lowest BCUT2D eigenvalue weighted by molar-refractivity contribution is 0.102. The van der Waals surface area contributed by atoms with Crippen molar-refractivity contribution in [2.45, 2.75) is 29.6 Å². The second-order valence-corrected chi connectivity index (χ2v) is 9.47. The van der Waals surface area contributed by atoms with Crippen LogP contribution in [0.5, 0.6) is 0 Å². The Bertz CT molecular complexity index is 1020. The van der Waals surface area contributed by atoms with Gasteiger partial charge in [-0.3, -0.25) is 4.79 Å². The molecule has 0 saturated carbocycles. The minimum atomic E-state index is -0.0548. The third-order valence-electron chi connectivity index (χ3n) is 4.98. The minimum Gasteiger partial charge on any atom is -0.322 e. The molecule has 0 bridgehead atoms. The summed E-state index contributed by atoms with van der Waals surface area (Å²) < 4.78 is 2.16. The van der Waals surface area contributed by atoms with Crippen molar-refractivity contribution in [3.05, 3.63) is 83.4 Å². The second kappa shape index (κ2) is 8.97. The molecular weight excluding hydrogens is 396 g/mol. The Kier molecular flexibility index (Phi) is 6.16. The van der Waals surface area contributed by atoms with Gasteiger partial charge in [-0.05, 0) is 97.1 Å². The van der Waals surface area contributed by atoms with Crippen LogP contribution in [0.25, 0.3) is 0 Å². The van der Waals surface area contributed by atoms with Crippen LogP contribution in [0.2, 0.25) is 0 Å². The van der Waals surface area contributed by atoms with Crippen molar-refractivity contribution in [2.75, 3.05) is 22.4 Å². The van der Waals surface area contributed by atoms with Crippen molar-refractivity contribution in [2.24, 2.45) is 0 Å². The molecule has 0 unspecified atom stereocenters. The molecule has 5 heteroatoms. The monoisotopic (exact) mass is 420 g/mol. The SMILES string of the molecule is Cc1ccccc1N(C)Sc1ccc(NC(=O)c2ccc3c(c2)CCCS3)cc1. The fourth-order valence-corrected chi connectivity index (χ4v) is 5.32. The van der Waals surface area contributed by atoms with E-state index in [2.05, 4.69) is 53.9 Å². The van der Waals surface area contributed by atoms with Gasteiger partial charge in [-0.1, -0.05) is 18.2 Å². The smallest absolute Gasteiger partial charge is 0.255 e. The zero-order chi connectivity index (χ0) is 20.2. The molecule has 3 aromatic carbocycles. The number of rotatable bonds is 5. The molecule has 1 aliphatic rings. The van der Waals surface area contributed by atoms with Crippen molar-refractivity contribution in [1.29, 1.82) is 0 Å². The standard InChI is InChI=1S/C24H24N2OS2/c1-17-6-3-4-8-22(17)26(2)29-21-12-10-20(11-13-21)25-24(27)19-9-14-23-18(16-19)7-5-15-28-23/h3-4,6,8-14,16H,5,7,15H2,1-2H3,(H,25,27). The first-order valence-electron chi connectivity index (χ1n) is 9.74. The second-order valence-electron chi connectivity index (χ2n) is 7.13. The molecule has 3 aromatic rings. The quantitative estimate of drug-likeness (QED) is 0.482. The van der Waals surface area contributed by atoms with Gasteiger partial charge in [-0.15, -0.1) is 11.8 Å². The van der Waals surface area contributed by atoms with E-state index in [4.69, 9.17) is 0 Å². The van der Waals surface area contributed by atoms with Crippen molar-refractivity contribution in [3.63, 3.8) is 0 Å². The molecule has 1 aliphatic heterocycles. The lowest BCUT2D eigenvalue weighted by Gasteiger charge is -2.20. The van der Waals surface area contributed by atoms with Crippen LogP contribution in [0.15, 0.2) is 76.5 Å². The number of carbonyl (C=O) groups is 1. The van der Waals surface area contributed by atoms with E-state index in [9.17, 15) is 4.79 Å². The number of nitrogens with one attached hydrogen (secondary N) is 1. The summed E-state index contributed by atoms with van der Waals surface area (Å²) in [5, 5.41) is 3.02. The Morgan fingerprint density at radius 2 is 1.86 bits per heavy atom. The summed E-state index contributed by atoms with van der Waals surface area (Å²) in [5.41, 5.74) is 5.27. The van der Waals surface area contributed by atoms with Crippen LogP contribution >= 0.6 is 23.7 Å². The maximum Gasteiger partial charge on any atom is 0.255 e. The van der Waals surface area contributed by atoms with Crippen LogP contribution in [0, 0.1) is 6.92 Å². The number of amides is 1. The highest BCUT2D eigenvalue weighted by molar-refractivity contribution is 8.00. The molecule has 1 N–H and O–H groups in total. The molecule has 3 nitrogen and oxygen atoms in total. The molecule has 148 valence electrons. The zero-order valence-corrected chi connectivity index (χ0v) is 18.3. The number of hydrogen-bond acceptors (Lipinski definition) is 4. The number of thioether (sulfide) groups is 1. The van der Waals surface area contributed by atoms with Crippen LogP contribution in [0.3, 0.4) is 0 Å². The maximum atomic E-state index is 12.7. The lowest BCUT2D eigenvalue weighted by Crippen LogP contribution is -2.13. The number of aryl methyl sites for hydroxylation is 2. The normalized spacial score (nSPS) is 12.9. The highest BCUT2D eigenvalue weighted by Gasteiger charge is 2.14. The van der Waals surface area contributed by atoms with Gasteiger partial charge in [0, 0.05) is 33.8 Å². The number of anilines is 2. The molecule has 0 atom stereocenters. The zero-order valence-electron chi connectivity index (χ0n) is 16.6. The van der Waals surface area contributed by atoms with Gasteiger partial charge in [0.05, 0.1) is 0 Å². The lowest BCUT2D eigenvalue weighted by atomic mass is 10.1. The van der Waals surface area contributed by atoms with E-state index in [1.54, 1.807) is 11.9 Å². The molecular formula is C24H24N2OS2. The molecule has 0 spiro atoms. The summed E-state index contributed by atoms with van der Waals surface area (Å²) in [6.45, 7) is 2.12. The molecule has 0 aliphatic carbocycles. The molecule has 1 amide bonds. The number of carbonyl (C=O) groups excluding carboxylic acids is 1. The van der Waals surface area contributed by atoms with E-state index in [0.29, 0.717) is 0 Å². The van der Waals surface area contributed by atoms with E-state index < -0.39 is 0 Å². The number of para-hydroxylation sites is 1. The van der Waals surface area contributed by atoms with Gasteiger partial charge in [0.25, 0.3) is 5.91 Å². The van der Waals surface area contributed by atoms with E-state index in [1.807, 2.05) is 48.2 Å². The van der Waals surface area contributed by atoms with Crippen molar-refractivity contribution in [3.8, 4) is 0 Å². The molecule has 0 aromatic heterocycles. The molecule has 0 radical (unpaired) electrons. The van der Waals surface area contributed by atoms with E-state index in [-0.39, 0.29) is 5.91 Å². The van der Waals surface area contributed by atoms with Gasteiger partial charge in [0.2, 0.25) is 0 Å². The van der Waals surface area contributed by atoms with Gasteiger partial charge >= 0.3 is 0 Å². The van der Waals surface area contributed by atoms with Crippen LogP contribution < -0.4 is 9.62 Å². The fourth-order valence-electron chi connectivity index (χ4n) is 3.43. The Morgan fingerprint density at radius 3 is 2.66 bits per heavy atom. The average molecular weight is 421 g/mol. The topological polar surface area (TPSA) is 32.3 Å². The van der Waals surface area contributed by atoms with Gasteiger partial charge < -0.3 is 9.62 Å². The average Bonchev–Trinajstić information content (AvgIpc) is 2.75. The Balaban J connectivity index is 1.40. The minimum absolute atomic E-state index is 0.0548. The Hall–Kier alpha value is -2.37. The molecule has 0 fully saturated rings. The summed E-state index contributed by atoms with van der Waals surface area (Å²) >= 11 is 3.55. The molecule has 4 rings (SSSR count). The predicted octanol–water partition coefficient (Wildman–Crippen LogP) is 6.43. The molecule has 1 heterocycles. The number of benzene rings is 3. The highest BCUT2D eigenvalue weighted by Crippen LogP contribution is 2.31. The van der Waals surface area contributed by atoms with E-state index in [1.165, 1.54) is 33.9 Å². The van der Waals surface area contributed by atoms with Gasteiger partial charge in [0.1, 0.15) is 0 Å². The summed E-state index contributed by atoms with van der Waals surface area (Å²) in [5.74, 6) is 1.11. The van der Waals surface area contributed by atoms with Crippen LogP contribution in [0.4, 0.5) is 11.4 Å². The summed E-state index contributed by atoms with van der Waals surface area (Å²) in [6, 6.07) is 22.4. The van der Waals surface area contributed by atoms with Gasteiger partial charge in [-0.2, -0.15) is 0 Å². The fraction of sp³-hybridized carbons (Fsp3) is 0.208. The third-order valence-corrected chi connectivity index (χ3v) is 7.14. The molecule has 29 heavy (non-hydrogen) atoms. The van der Waals surface area contributed by atoms with Crippen molar-refractivity contribution < 1.29 is 4.79 Å². The molecule has 0 saturated heterocycles. The van der Waals surface area contributed by atoms with E-state index >= 15 is 0 Å². The van der Waals surface area contributed by atoms with Gasteiger partial charge in [-0.25, -0.2) is 0 Å². The Labute approximate surface area is 181 Å². The first-order chi connectivity index (χ1) is 14.1. The van der Waals surface area contributed by atoms with Crippen molar-refractivity contribution >= 4 is 41.0 Å². The highest BCUT2D eigenvalue weighted by atomic mass is 32.2. The summed E-state index contributed by atoms with van der Waals surface area (Å²) in [6.07, 6.45) is 2.24. The van der Waals surface area contributed by atoms with Crippen LogP contribution in [-0.2, 0) is 6.42 Å². The first-order valence-corrected chi connectivity index (χ1v) is 11.5. The number of nitrogens with zero attached hydrogens (tertiary/aromatic N) is 1. The number of hydrogen-bond donors (Lipinski definition) is 1. The Morgan fingerprint density at radius 1 is 1.07 bits per heavy atom. The van der Waals surface area contributed by atoms with Crippen LogP contribution in [-0.4, -0.2) is 18.7 Å². The maximum absolute atomic E-state index is 12.7. The van der Waals surface area contributed by atoms with Crippen molar-refractivity contribution in [1.82, 2.24) is 0 Å². The first kappa shape index (κ1) is 19.9. The van der Waals surface area contributed by atoms with Gasteiger partial charge in [0.15, 0.2) is 0 Å². The van der Waals surface area contributed by atoms with E-state index in [0.717, 1.165) is 22.6 Å². The van der Waals surface area contributed by atoms with Crippen LogP contribution in [0.1, 0.15) is 27.9 Å². The number of fused-ring (bicyclic) bond motifs is 1. The summed E-state index contributed by atoms with van der Waals surface area (Å²) in [7, 11) is 2.07.